The summed E-state index contributed by atoms with van der Waals surface area (Å²) < 4.78 is 0. The van der Waals surface area contributed by atoms with Gasteiger partial charge in [-0.25, -0.2) is 0 Å². The molecule has 2 aliphatic rings. The zero-order valence-corrected chi connectivity index (χ0v) is 12.5. The standard InChI is InChI=1S/C12H15N3O3S.ClH/c16-11(9-5-10(15(17)18)19-6-9)14-4-2-12(8-14)1-3-13-7-12;/h5-6,13H,1-4,7-8H2;1H. The normalized spacial score (nSPS) is 24.9. The molecule has 1 aromatic rings. The summed E-state index contributed by atoms with van der Waals surface area (Å²) in [4.78, 5) is 24.3. The maximum atomic E-state index is 12.3. The summed E-state index contributed by atoms with van der Waals surface area (Å²) in [6.07, 6.45) is 2.14. The van der Waals surface area contributed by atoms with Crippen LogP contribution in [-0.2, 0) is 0 Å². The molecular weight excluding hydrogens is 302 g/mol. The molecule has 20 heavy (non-hydrogen) atoms. The number of rotatable bonds is 2. The van der Waals surface area contributed by atoms with Crippen LogP contribution >= 0.6 is 23.7 Å². The molecule has 3 rings (SSSR count). The molecule has 3 heterocycles. The first-order valence-electron chi connectivity index (χ1n) is 6.33. The average molecular weight is 318 g/mol. The molecule has 1 N–H and O–H groups in total. The zero-order valence-electron chi connectivity index (χ0n) is 10.8. The number of nitro groups is 1. The number of hydrogen-bond donors (Lipinski definition) is 1. The summed E-state index contributed by atoms with van der Waals surface area (Å²) in [6.45, 7) is 3.51. The molecule has 1 aromatic heterocycles. The van der Waals surface area contributed by atoms with Crippen molar-refractivity contribution >= 4 is 34.7 Å². The highest BCUT2D eigenvalue weighted by Gasteiger charge is 2.42. The van der Waals surface area contributed by atoms with E-state index in [0.29, 0.717) is 5.56 Å². The Hall–Kier alpha value is -1.18. The molecule has 2 fully saturated rings. The second-order valence-corrected chi connectivity index (χ2v) is 6.22. The molecule has 1 amide bonds. The first-order chi connectivity index (χ1) is 9.10. The third-order valence-electron chi connectivity index (χ3n) is 4.07. The van der Waals surface area contributed by atoms with Crippen molar-refractivity contribution in [1.29, 1.82) is 0 Å². The summed E-state index contributed by atoms with van der Waals surface area (Å²) in [5.41, 5.74) is 0.678. The molecule has 0 saturated carbocycles. The molecule has 1 unspecified atom stereocenters. The van der Waals surface area contributed by atoms with E-state index < -0.39 is 4.92 Å². The Balaban J connectivity index is 0.00000147. The van der Waals surface area contributed by atoms with Crippen LogP contribution in [0.5, 0.6) is 0 Å². The van der Waals surface area contributed by atoms with Gasteiger partial charge in [-0.15, -0.1) is 12.4 Å². The van der Waals surface area contributed by atoms with Gasteiger partial charge < -0.3 is 10.2 Å². The molecule has 2 saturated heterocycles. The van der Waals surface area contributed by atoms with Crippen molar-refractivity contribution < 1.29 is 9.72 Å². The maximum Gasteiger partial charge on any atom is 0.324 e. The van der Waals surface area contributed by atoms with Crippen LogP contribution in [0.3, 0.4) is 0 Å². The van der Waals surface area contributed by atoms with E-state index in [9.17, 15) is 14.9 Å². The Morgan fingerprint density at radius 3 is 2.90 bits per heavy atom. The second-order valence-electron chi connectivity index (χ2n) is 5.33. The molecule has 110 valence electrons. The SMILES string of the molecule is Cl.O=C(c1csc([N+](=O)[O-])c1)N1CCC2(CCNC2)C1. The van der Waals surface area contributed by atoms with Crippen molar-refractivity contribution in [3.05, 3.63) is 27.1 Å². The number of thiophene rings is 1. The van der Waals surface area contributed by atoms with E-state index in [1.807, 2.05) is 4.90 Å². The largest absolute Gasteiger partial charge is 0.338 e. The van der Waals surface area contributed by atoms with Gasteiger partial charge in [0.05, 0.1) is 10.5 Å². The summed E-state index contributed by atoms with van der Waals surface area (Å²) >= 11 is 1.01. The van der Waals surface area contributed by atoms with Crippen LogP contribution in [0.1, 0.15) is 23.2 Å². The molecule has 0 aliphatic carbocycles. The predicted octanol–water partition coefficient (Wildman–Crippen LogP) is 1.90. The van der Waals surface area contributed by atoms with Gasteiger partial charge in [-0.3, -0.25) is 14.9 Å². The monoisotopic (exact) mass is 317 g/mol. The van der Waals surface area contributed by atoms with Crippen molar-refractivity contribution in [2.45, 2.75) is 12.8 Å². The van der Waals surface area contributed by atoms with Crippen molar-refractivity contribution in [3.63, 3.8) is 0 Å². The minimum absolute atomic E-state index is 0. The van der Waals surface area contributed by atoms with Crippen LogP contribution in [0, 0.1) is 15.5 Å². The lowest BCUT2D eigenvalue weighted by Crippen LogP contribution is -2.33. The highest BCUT2D eigenvalue weighted by molar-refractivity contribution is 7.13. The number of likely N-dealkylation sites (tertiary alicyclic amines) is 1. The van der Waals surface area contributed by atoms with E-state index in [1.54, 1.807) is 5.38 Å². The summed E-state index contributed by atoms with van der Waals surface area (Å²) in [7, 11) is 0. The smallest absolute Gasteiger partial charge is 0.324 e. The number of carbonyl (C=O) groups excluding carboxylic acids is 1. The van der Waals surface area contributed by atoms with Crippen molar-refractivity contribution in [1.82, 2.24) is 10.2 Å². The van der Waals surface area contributed by atoms with E-state index >= 15 is 0 Å². The Bertz CT molecular complexity index is 528. The van der Waals surface area contributed by atoms with Crippen LogP contribution in [0.2, 0.25) is 0 Å². The molecule has 8 heteroatoms. The van der Waals surface area contributed by atoms with Gasteiger partial charge in [0.15, 0.2) is 0 Å². The summed E-state index contributed by atoms with van der Waals surface area (Å²) in [5, 5.41) is 15.6. The van der Waals surface area contributed by atoms with Crippen LogP contribution in [0.25, 0.3) is 0 Å². The molecule has 1 spiro atoms. The van der Waals surface area contributed by atoms with Crippen LogP contribution in [0.4, 0.5) is 5.00 Å². The van der Waals surface area contributed by atoms with Gasteiger partial charge in [0, 0.05) is 36.5 Å². The number of nitrogens with zero attached hydrogens (tertiary/aromatic N) is 2. The van der Waals surface area contributed by atoms with E-state index in [4.69, 9.17) is 0 Å². The van der Waals surface area contributed by atoms with E-state index in [1.165, 1.54) is 6.07 Å². The molecular formula is C12H16ClN3O3S. The number of hydrogen-bond acceptors (Lipinski definition) is 5. The van der Waals surface area contributed by atoms with Crippen LogP contribution < -0.4 is 5.32 Å². The van der Waals surface area contributed by atoms with Gasteiger partial charge in [0.2, 0.25) is 0 Å². The molecule has 0 bridgehead atoms. The lowest BCUT2D eigenvalue weighted by Gasteiger charge is -2.22. The molecule has 0 radical (unpaired) electrons. The number of halogens is 1. The number of carbonyl (C=O) groups is 1. The fourth-order valence-corrected chi connectivity index (χ4v) is 3.67. The third kappa shape index (κ3) is 2.65. The quantitative estimate of drug-likeness (QED) is 0.668. The minimum Gasteiger partial charge on any atom is -0.338 e. The molecule has 2 aliphatic heterocycles. The maximum absolute atomic E-state index is 12.3. The Kier molecular flexibility index (Phi) is 4.31. The van der Waals surface area contributed by atoms with Crippen molar-refractivity contribution in [2.75, 3.05) is 26.2 Å². The minimum atomic E-state index is -0.451. The summed E-state index contributed by atoms with van der Waals surface area (Å²) in [6, 6.07) is 1.38. The van der Waals surface area contributed by atoms with Gasteiger partial charge >= 0.3 is 5.00 Å². The molecule has 6 nitrogen and oxygen atoms in total. The van der Waals surface area contributed by atoms with Gasteiger partial charge in [0.1, 0.15) is 0 Å². The highest BCUT2D eigenvalue weighted by atomic mass is 35.5. The molecule has 0 aromatic carbocycles. The lowest BCUT2D eigenvalue weighted by molar-refractivity contribution is -0.380. The van der Waals surface area contributed by atoms with Gasteiger partial charge in [0.25, 0.3) is 5.91 Å². The number of amides is 1. The van der Waals surface area contributed by atoms with Gasteiger partial charge in [-0.2, -0.15) is 0 Å². The van der Waals surface area contributed by atoms with E-state index in [2.05, 4.69) is 5.32 Å². The third-order valence-corrected chi connectivity index (χ3v) is 4.95. The fourth-order valence-electron chi connectivity index (χ4n) is 2.97. The predicted molar refractivity (Wildman–Crippen MR) is 78.7 cm³/mol. The second kappa shape index (κ2) is 5.67. The van der Waals surface area contributed by atoms with Gasteiger partial charge in [-0.05, 0) is 19.4 Å². The molecule has 1 atom stereocenters. The van der Waals surface area contributed by atoms with Crippen molar-refractivity contribution in [2.24, 2.45) is 5.41 Å². The van der Waals surface area contributed by atoms with Crippen LogP contribution in [0.15, 0.2) is 11.4 Å². The van der Waals surface area contributed by atoms with E-state index in [-0.39, 0.29) is 28.7 Å². The topological polar surface area (TPSA) is 75.5 Å². The highest BCUT2D eigenvalue weighted by Crippen LogP contribution is 2.37. The lowest BCUT2D eigenvalue weighted by atomic mass is 9.86. The Morgan fingerprint density at radius 2 is 2.30 bits per heavy atom. The Morgan fingerprint density at radius 1 is 1.50 bits per heavy atom. The Labute approximate surface area is 126 Å². The van der Waals surface area contributed by atoms with Crippen LogP contribution in [-0.4, -0.2) is 41.9 Å². The van der Waals surface area contributed by atoms with Crippen molar-refractivity contribution in [3.8, 4) is 0 Å². The number of nitrogens with one attached hydrogen (secondary N) is 1. The zero-order chi connectivity index (χ0) is 13.5. The fraction of sp³-hybridized carbons (Fsp3) is 0.583. The summed E-state index contributed by atoms with van der Waals surface area (Å²) in [5.74, 6) is -0.0758. The first kappa shape index (κ1) is 15.2. The van der Waals surface area contributed by atoms with Gasteiger partial charge in [-0.1, -0.05) is 11.3 Å². The van der Waals surface area contributed by atoms with E-state index in [0.717, 1.165) is 50.4 Å². The first-order valence-corrected chi connectivity index (χ1v) is 7.21. The average Bonchev–Trinajstić information content (AvgIpc) is 3.11.